The Bertz CT molecular complexity index is 1960. The molecule has 0 N–H and O–H groups in total. The van der Waals surface area contributed by atoms with Gasteiger partial charge in [-0.3, -0.25) is 9.59 Å². The van der Waals surface area contributed by atoms with Gasteiger partial charge in [0, 0.05) is 37.1 Å². The summed E-state index contributed by atoms with van der Waals surface area (Å²) in [6.45, 7) is 1.26. The summed E-state index contributed by atoms with van der Waals surface area (Å²) in [4.78, 5) is 39.9. The second-order valence-corrected chi connectivity index (χ2v) is 13.2. The molecule has 8 rings (SSSR count). The van der Waals surface area contributed by atoms with Crippen molar-refractivity contribution in [2.24, 2.45) is 0 Å². The van der Waals surface area contributed by atoms with Crippen LogP contribution in [0.15, 0.2) is 106 Å². The Balaban J connectivity index is 0.870. The number of carbonyl (C=O) groups excluding carboxylic acids is 2. The van der Waals surface area contributed by atoms with Crippen LogP contribution < -0.4 is 0 Å². The Kier molecular flexibility index (Phi) is 8.90. The zero-order chi connectivity index (χ0) is 33.9. The van der Waals surface area contributed by atoms with E-state index in [0.717, 1.165) is 62.1 Å². The summed E-state index contributed by atoms with van der Waals surface area (Å²) < 4.78 is 11.2. The summed E-state index contributed by atoms with van der Waals surface area (Å²) in [5, 5.41) is 10.1. The quantitative estimate of drug-likeness (QED) is 0.135. The number of aromatic nitrogens is 4. The molecule has 2 aliphatic rings. The number of likely N-dealkylation sites (tertiary alicyclic amines) is 2. The standard InChI is InChI=1S/C40H38N6O4/c47-39(45-23-21-33(45)37-41-35(43-49-37)15-7-13-27-9-3-1-4-10-27)31-19-17-30-26-32(20-18-29(30)25-31)40(48)46-24-22-34(46)38-42-36(44-50-38)16-8-14-28-11-5-2-6-12-28/h1-6,9-12,17-20,25-26,33-34H,7-8,13-16,21-24H2/t33-,34-/m1/s1. The molecule has 2 aliphatic heterocycles. The molecule has 2 aromatic heterocycles. The summed E-state index contributed by atoms with van der Waals surface area (Å²) in [6, 6.07) is 31.5. The average Bonchev–Trinajstić information content (AvgIpc) is 3.77. The van der Waals surface area contributed by atoms with Crippen molar-refractivity contribution < 1.29 is 18.6 Å². The molecule has 252 valence electrons. The van der Waals surface area contributed by atoms with Gasteiger partial charge in [0.25, 0.3) is 11.8 Å². The number of nitrogens with zero attached hydrogens (tertiary/aromatic N) is 6. The van der Waals surface area contributed by atoms with Crippen LogP contribution >= 0.6 is 0 Å². The van der Waals surface area contributed by atoms with Crippen LogP contribution in [0, 0.1) is 0 Å². The van der Waals surface area contributed by atoms with Gasteiger partial charge in [0.1, 0.15) is 12.1 Å². The molecule has 4 heterocycles. The van der Waals surface area contributed by atoms with Gasteiger partial charge in [0.05, 0.1) is 0 Å². The lowest BCUT2D eigenvalue weighted by Crippen LogP contribution is -2.45. The Morgan fingerprint density at radius 1 is 0.580 bits per heavy atom. The number of hydrogen-bond donors (Lipinski definition) is 0. The minimum atomic E-state index is -0.220. The number of rotatable bonds is 12. The van der Waals surface area contributed by atoms with Crippen LogP contribution in [0.5, 0.6) is 0 Å². The molecule has 10 heteroatoms. The van der Waals surface area contributed by atoms with E-state index in [4.69, 9.17) is 9.05 Å². The zero-order valence-electron chi connectivity index (χ0n) is 27.8. The topological polar surface area (TPSA) is 118 Å². The van der Waals surface area contributed by atoms with Crippen molar-refractivity contribution in [3.8, 4) is 0 Å². The minimum absolute atomic E-state index is 0.0745. The highest BCUT2D eigenvalue weighted by Crippen LogP contribution is 2.36. The summed E-state index contributed by atoms with van der Waals surface area (Å²) in [5.74, 6) is 2.18. The number of carbonyl (C=O) groups is 2. The minimum Gasteiger partial charge on any atom is -0.337 e. The fraction of sp³-hybridized carbons (Fsp3) is 0.300. The molecule has 0 aliphatic carbocycles. The predicted octanol–water partition coefficient (Wildman–Crippen LogP) is 7.13. The van der Waals surface area contributed by atoms with Gasteiger partial charge in [0.2, 0.25) is 11.8 Å². The molecular weight excluding hydrogens is 628 g/mol. The third-order valence-corrected chi connectivity index (χ3v) is 9.85. The fourth-order valence-corrected chi connectivity index (χ4v) is 6.82. The molecule has 0 unspecified atom stereocenters. The van der Waals surface area contributed by atoms with Gasteiger partial charge in [-0.2, -0.15) is 9.97 Å². The average molecular weight is 667 g/mol. The van der Waals surface area contributed by atoms with Gasteiger partial charge in [-0.15, -0.1) is 0 Å². The van der Waals surface area contributed by atoms with E-state index in [0.29, 0.717) is 47.6 Å². The molecule has 4 aromatic carbocycles. The summed E-state index contributed by atoms with van der Waals surface area (Å²) >= 11 is 0. The van der Waals surface area contributed by atoms with Crippen LogP contribution in [0.25, 0.3) is 10.8 Å². The monoisotopic (exact) mass is 666 g/mol. The normalized spacial score (nSPS) is 17.0. The highest BCUT2D eigenvalue weighted by molar-refractivity contribution is 6.02. The maximum atomic E-state index is 13.6. The predicted molar refractivity (Wildman–Crippen MR) is 186 cm³/mol. The van der Waals surface area contributed by atoms with Crippen LogP contribution in [0.2, 0.25) is 0 Å². The van der Waals surface area contributed by atoms with Crippen molar-refractivity contribution in [2.75, 3.05) is 13.1 Å². The molecule has 2 saturated heterocycles. The summed E-state index contributed by atoms with van der Waals surface area (Å²) in [5.41, 5.74) is 3.75. The highest BCUT2D eigenvalue weighted by atomic mass is 16.5. The van der Waals surface area contributed by atoms with Crippen LogP contribution in [-0.2, 0) is 25.7 Å². The van der Waals surface area contributed by atoms with Crippen molar-refractivity contribution in [1.29, 1.82) is 0 Å². The maximum Gasteiger partial charge on any atom is 0.254 e. The molecular formula is C40H38N6O4. The van der Waals surface area contributed by atoms with E-state index in [1.165, 1.54) is 11.1 Å². The molecule has 10 nitrogen and oxygen atoms in total. The van der Waals surface area contributed by atoms with Crippen LogP contribution in [-0.4, -0.2) is 55.0 Å². The molecule has 50 heavy (non-hydrogen) atoms. The molecule has 2 fully saturated rings. The first-order valence-electron chi connectivity index (χ1n) is 17.5. The lowest BCUT2D eigenvalue weighted by atomic mass is 9.97. The lowest BCUT2D eigenvalue weighted by Gasteiger charge is -2.38. The van der Waals surface area contributed by atoms with E-state index >= 15 is 0 Å². The first-order chi connectivity index (χ1) is 24.6. The van der Waals surface area contributed by atoms with E-state index in [1.807, 2.05) is 72.8 Å². The maximum absolute atomic E-state index is 13.6. The van der Waals surface area contributed by atoms with E-state index in [2.05, 4.69) is 44.5 Å². The molecule has 6 aromatic rings. The van der Waals surface area contributed by atoms with E-state index in [-0.39, 0.29) is 23.9 Å². The first kappa shape index (κ1) is 31.6. The smallest absolute Gasteiger partial charge is 0.254 e. The van der Waals surface area contributed by atoms with Crippen molar-refractivity contribution >= 4 is 22.6 Å². The second kappa shape index (κ2) is 14.1. The van der Waals surface area contributed by atoms with Gasteiger partial charge in [0.15, 0.2) is 11.6 Å². The number of amides is 2. The molecule has 2 atom stereocenters. The molecule has 0 radical (unpaired) electrons. The Morgan fingerprint density at radius 3 is 1.42 bits per heavy atom. The van der Waals surface area contributed by atoms with Gasteiger partial charge >= 0.3 is 0 Å². The third-order valence-electron chi connectivity index (χ3n) is 9.85. The van der Waals surface area contributed by atoms with Crippen molar-refractivity contribution in [3.05, 3.63) is 143 Å². The third kappa shape index (κ3) is 6.65. The highest BCUT2D eigenvalue weighted by Gasteiger charge is 2.39. The Hall–Kier alpha value is -5.64. The molecule has 2 amide bonds. The van der Waals surface area contributed by atoms with Crippen LogP contribution in [0.3, 0.4) is 0 Å². The Labute approximate surface area is 290 Å². The van der Waals surface area contributed by atoms with Crippen molar-refractivity contribution in [2.45, 2.75) is 63.5 Å². The van der Waals surface area contributed by atoms with Gasteiger partial charge < -0.3 is 18.8 Å². The largest absolute Gasteiger partial charge is 0.337 e. The molecule has 0 saturated carbocycles. The van der Waals surface area contributed by atoms with Crippen LogP contribution in [0.1, 0.15) is 93.0 Å². The number of benzene rings is 4. The van der Waals surface area contributed by atoms with E-state index < -0.39 is 0 Å². The van der Waals surface area contributed by atoms with E-state index in [9.17, 15) is 9.59 Å². The van der Waals surface area contributed by atoms with Gasteiger partial charge in [-0.1, -0.05) is 83.1 Å². The zero-order valence-corrected chi connectivity index (χ0v) is 27.8. The second-order valence-electron chi connectivity index (χ2n) is 13.2. The lowest BCUT2D eigenvalue weighted by molar-refractivity contribution is 0.0374. The molecule has 0 spiro atoms. The van der Waals surface area contributed by atoms with Crippen LogP contribution in [0.4, 0.5) is 0 Å². The first-order valence-corrected chi connectivity index (χ1v) is 17.5. The fourth-order valence-electron chi connectivity index (χ4n) is 6.82. The number of hydrogen-bond acceptors (Lipinski definition) is 8. The summed E-state index contributed by atoms with van der Waals surface area (Å²) in [7, 11) is 0. The number of aryl methyl sites for hydroxylation is 4. The van der Waals surface area contributed by atoms with Gasteiger partial charge in [-0.05, 0) is 84.7 Å². The summed E-state index contributed by atoms with van der Waals surface area (Å²) in [6.07, 6.45) is 6.77. The van der Waals surface area contributed by atoms with Gasteiger partial charge in [-0.25, -0.2) is 0 Å². The van der Waals surface area contributed by atoms with E-state index in [1.54, 1.807) is 9.80 Å². The van der Waals surface area contributed by atoms with Crippen molar-refractivity contribution in [1.82, 2.24) is 30.1 Å². The van der Waals surface area contributed by atoms with Crippen molar-refractivity contribution in [3.63, 3.8) is 0 Å². The number of fused-ring (bicyclic) bond motifs is 1. The SMILES string of the molecule is O=C(c1ccc2cc(C(=O)N3CC[C@@H]3c3nc(CCCc4ccccc4)no3)ccc2c1)N1CC[C@@H]1c1nc(CCCc2ccccc2)no1. The Morgan fingerprint density at radius 2 is 1.02 bits per heavy atom. The molecule has 0 bridgehead atoms.